The van der Waals surface area contributed by atoms with Crippen molar-refractivity contribution >= 4 is 17.3 Å². The van der Waals surface area contributed by atoms with Gasteiger partial charge in [-0.05, 0) is 19.8 Å². The van der Waals surface area contributed by atoms with E-state index in [4.69, 9.17) is 0 Å². The summed E-state index contributed by atoms with van der Waals surface area (Å²) in [6, 6.07) is 0. The van der Waals surface area contributed by atoms with Crippen LogP contribution >= 0.6 is 11.3 Å². The molecule has 0 aliphatic rings. The predicted octanol–water partition coefficient (Wildman–Crippen LogP) is 2.12. The van der Waals surface area contributed by atoms with Crippen LogP contribution in [0.3, 0.4) is 0 Å². The molecule has 0 unspecified atom stereocenters. The third-order valence-corrected chi connectivity index (χ3v) is 3.74. The molecule has 1 aromatic rings. The summed E-state index contributed by atoms with van der Waals surface area (Å²) in [6.45, 7) is 10.3. The van der Waals surface area contributed by atoms with Crippen LogP contribution in [0.4, 0.5) is 0 Å². The fraction of sp³-hybridized carbons (Fsp3) is 0.692. The molecule has 0 radical (unpaired) electrons. The van der Waals surface area contributed by atoms with Gasteiger partial charge in [-0.25, -0.2) is 4.98 Å². The highest BCUT2D eigenvalue weighted by Crippen LogP contribution is 2.16. The third kappa shape index (κ3) is 5.04. The van der Waals surface area contributed by atoms with Crippen LogP contribution in [0.25, 0.3) is 0 Å². The van der Waals surface area contributed by atoms with Crippen molar-refractivity contribution < 1.29 is 0 Å². The van der Waals surface area contributed by atoms with Crippen LogP contribution in [0.15, 0.2) is 4.99 Å². The lowest BCUT2D eigenvalue weighted by Crippen LogP contribution is -2.39. The van der Waals surface area contributed by atoms with Crippen molar-refractivity contribution in [2.24, 2.45) is 10.9 Å². The molecule has 1 rings (SSSR count). The van der Waals surface area contributed by atoms with Crippen LogP contribution in [0.1, 0.15) is 29.4 Å². The number of nitrogens with one attached hydrogen (secondary N) is 2. The fourth-order valence-electron chi connectivity index (χ4n) is 1.46. The van der Waals surface area contributed by atoms with Gasteiger partial charge in [0, 0.05) is 31.4 Å². The van der Waals surface area contributed by atoms with Gasteiger partial charge in [0.05, 0.1) is 10.7 Å². The van der Waals surface area contributed by atoms with Gasteiger partial charge in [0.2, 0.25) is 0 Å². The summed E-state index contributed by atoms with van der Waals surface area (Å²) in [5, 5.41) is 7.79. The maximum Gasteiger partial charge on any atom is 0.190 e. The molecular weight excluding hydrogens is 244 g/mol. The Morgan fingerprint density at radius 1 is 1.33 bits per heavy atom. The number of thiazole rings is 1. The van der Waals surface area contributed by atoms with E-state index >= 15 is 0 Å². The first-order valence-electron chi connectivity index (χ1n) is 6.40. The quantitative estimate of drug-likeness (QED) is 0.635. The summed E-state index contributed by atoms with van der Waals surface area (Å²) in [5.74, 6) is 1.49. The molecule has 18 heavy (non-hydrogen) atoms. The molecule has 4 nitrogen and oxygen atoms in total. The molecule has 0 saturated heterocycles. The molecule has 1 heterocycles. The SMILES string of the molecule is CN=C(NCCc1nc(C)c(C)s1)NCC(C)C. The number of hydrogen-bond acceptors (Lipinski definition) is 3. The summed E-state index contributed by atoms with van der Waals surface area (Å²) >= 11 is 1.78. The van der Waals surface area contributed by atoms with Crippen molar-refractivity contribution in [1.29, 1.82) is 0 Å². The number of rotatable bonds is 5. The lowest BCUT2D eigenvalue weighted by Gasteiger charge is -2.12. The van der Waals surface area contributed by atoms with Gasteiger partial charge < -0.3 is 10.6 Å². The Bertz CT molecular complexity index is 376. The summed E-state index contributed by atoms with van der Waals surface area (Å²) < 4.78 is 0. The Hall–Kier alpha value is -1.10. The Balaban J connectivity index is 2.31. The zero-order valence-electron chi connectivity index (χ0n) is 12.0. The molecule has 0 spiro atoms. The zero-order chi connectivity index (χ0) is 13.5. The first kappa shape index (κ1) is 15.0. The Labute approximate surface area is 114 Å². The summed E-state index contributed by atoms with van der Waals surface area (Å²) in [5.41, 5.74) is 1.15. The number of hydrogen-bond donors (Lipinski definition) is 2. The van der Waals surface area contributed by atoms with Crippen molar-refractivity contribution in [1.82, 2.24) is 15.6 Å². The van der Waals surface area contributed by atoms with Crippen molar-refractivity contribution in [3.05, 3.63) is 15.6 Å². The van der Waals surface area contributed by atoms with Crippen molar-refractivity contribution in [3.63, 3.8) is 0 Å². The van der Waals surface area contributed by atoms with Gasteiger partial charge in [0.25, 0.3) is 0 Å². The Morgan fingerprint density at radius 2 is 2.06 bits per heavy atom. The van der Waals surface area contributed by atoms with E-state index in [9.17, 15) is 0 Å². The lowest BCUT2D eigenvalue weighted by molar-refractivity contribution is 0.614. The molecule has 0 fully saturated rings. The Kier molecular flexibility index (Phi) is 6.12. The summed E-state index contributed by atoms with van der Waals surface area (Å²) in [4.78, 5) is 10.0. The van der Waals surface area contributed by atoms with Gasteiger partial charge in [0.15, 0.2) is 5.96 Å². The molecule has 0 aliphatic heterocycles. The fourth-order valence-corrected chi connectivity index (χ4v) is 2.39. The largest absolute Gasteiger partial charge is 0.356 e. The van der Waals surface area contributed by atoms with Gasteiger partial charge in [0.1, 0.15) is 0 Å². The van der Waals surface area contributed by atoms with E-state index in [1.165, 1.54) is 9.88 Å². The van der Waals surface area contributed by atoms with E-state index < -0.39 is 0 Å². The van der Waals surface area contributed by atoms with Crippen molar-refractivity contribution in [2.45, 2.75) is 34.1 Å². The minimum atomic E-state index is 0.618. The van der Waals surface area contributed by atoms with Gasteiger partial charge in [-0.3, -0.25) is 4.99 Å². The minimum absolute atomic E-state index is 0.618. The number of aliphatic imine (C=N–C) groups is 1. The molecule has 0 atom stereocenters. The molecular formula is C13H24N4S. The van der Waals surface area contributed by atoms with Crippen LogP contribution in [0.5, 0.6) is 0 Å². The maximum atomic E-state index is 4.53. The normalized spacial score (nSPS) is 12.0. The summed E-state index contributed by atoms with van der Waals surface area (Å²) in [6.07, 6.45) is 0.946. The number of guanidine groups is 1. The maximum absolute atomic E-state index is 4.53. The van der Waals surface area contributed by atoms with E-state index in [-0.39, 0.29) is 0 Å². The highest BCUT2D eigenvalue weighted by Gasteiger charge is 2.04. The first-order valence-corrected chi connectivity index (χ1v) is 7.22. The molecule has 5 heteroatoms. The molecule has 102 valence electrons. The second-order valence-corrected chi connectivity index (χ2v) is 6.06. The molecule has 2 N–H and O–H groups in total. The van der Waals surface area contributed by atoms with Gasteiger partial charge >= 0.3 is 0 Å². The first-order chi connectivity index (χ1) is 8.52. The van der Waals surface area contributed by atoms with E-state index in [1.807, 2.05) is 0 Å². The monoisotopic (exact) mass is 268 g/mol. The molecule has 0 aliphatic carbocycles. The molecule has 0 bridgehead atoms. The minimum Gasteiger partial charge on any atom is -0.356 e. The van der Waals surface area contributed by atoms with Crippen LogP contribution in [0.2, 0.25) is 0 Å². The second kappa shape index (κ2) is 7.36. The second-order valence-electron chi connectivity index (χ2n) is 4.77. The van der Waals surface area contributed by atoms with Crippen LogP contribution in [-0.4, -0.2) is 31.1 Å². The van der Waals surface area contributed by atoms with Gasteiger partial charge in [-0.2, -0.15) is 0 Å². The number of nitrogens with zero attached hydrogens (tertiary/aromatic N) is 2. The highest BCUT2D eigenvalue weighted by molar-refractivity contribution is 7.11. The number of aromatic nitrogens is 1. The van der Waals surface area contributed by atoms with Crippen LogP contribution in [-0.2, 0) is 6.42 Å². The van der Waals surface area contributed by atoms with E-state index in [0.29, 0.717) is 5.92 Å². The van der Waals surface area contributed by atoms with E-state index in [0.717, 1.165) is 31.2 Å². The van der Waals surface area contributed by atoms with Gasteiger partial charge in [-0.15, -0.1) is 11.3 Å². The molecule has 1 aromatic heterocycles. The highest BCUT2D eigenvalue weighted by atomic mass is 32.1. The van der Waals surface area contributed by atoms with E-state index in [1.54, 1.807) is 18.4 Å². The average Bonchev–Trinajstić information content (AvgIpc) is 2.63. The van der Waals surface area contributed by atoms with E-state index in [2.05, 4.69) is 48.3 Å². The lowest BCUT2D eigenvalue weighted by atomic mass is 10.2. The molecule has 0 aromatic carbocycles. The van der Waals surface area contributed by atoms with Crippen LogP contribution < -0.4 is 10.6 Å². The zero-order valence-corrected chi connectivity index (χ0v) is 12.8. The van der Waals surface area contributed by atoms with Crippen molar-refractivity contribution in [3.8, 4) is 0 Å². The third-order valence-electron chi connectivity index (χ3n) is 2.61. The van der Waals surface area contributed by atoms with Crippen LogP contribution in [0, 0.1) is 19.8 Å². The Morgan fingerprint density at radius 3 is 2.56 bits per heavy atom. The van der Waals surface area contributed by atoms with Crippen molar-refractivity contribution in [2.75, 3.05) is 20.1 Å². The molecule has 0 saturated carbocycles. The van der Waals surface area contributed by atoms with Gasteiger partial charge in [-0.1, -0.05) is 13.8 Å². The average molecular weight is 268 g/mol. The summed E-state index contributed by atoms with van der Waals surface area (Å²) in [7, 11) is 1.80. The standard InChI is InChI=1S/C13H24N4S/c1-9(2)8-16-13(14-5)15-7-6-12-17-10(3)11(4)18-12/h9H,6-8H2,1-5H3,(H2,14,15,16). The smallest absolute Gasteiger partial charge is 0.190 e. The number of aryl methyl sites for hydroxylation is 2. The molecule has 0 amide bonds. The predicted molar refractivity (Wildman–Crippen MR) is 79.5 cm³/mol. The topological polar surface area (TPSA) is 49.3 Å².